The molecule has 0 saturated carbocycles. The van der Waals surface area contributed by atoms with Gasteiger partial charge in [-0.05, 0) is 35.9 Å². The zero-order chi connectivity index (χ0) is 28.5. The first-order valence-corrected chi connectivity index (χ1v) is 11.0. The van der Waals surface area contributed by atoms with Gasteiger partial charge in [-0.3, -0.25) is 15.0 Å². The number of hydrogen-bond donors (Lipinski definition) is 5. The number of carbonyl (C=O) groups is 3. The second-order valence-corrected chi connectivity index (χ2v) is 8.29. The van der Waals surface area contributed by atoms with Gasteiger partial charge >= 0.3 is 18.2 Å². The number of nitrogens with zero attached hydrogens (tertiary/aromatic N) is 2. The first-order valence-electron chi connectivity index (χ1n) is 11.0. The summed E-state index contributed by atoms with van der Waals surface area (Å²) in [6, 6.07) is 17.5. The molecule has 202 valence electrons. The molecular weight excluding hydrogens is 528 g/mol. The largest absolute Gasteiger partial charge is 0.490 e. The smallest absolute Gasteiger partial charge is 0.475 e. The Labute approximate surface area is 216 Å². The van der Waals surface area contributed by atoms with Crippen molar-refractivity contribution in [3.8, 4) is 0 Å². The van der Waals surface area contributed by atoms with Crippen molar-refractivity contribution in [2.45, 2.75) is 18.4 Å². The van der Waals surface area contributed by atoms with Crippen molar-refractivity contribution in [1.82, 2.24) is 14.9 Å². The molecule has 1 unspecified atom stereocenters. The lowest BCUT2D eigenvalue weighted by atomic mass is 9.93. The number of carbonyl (C=O) groups excluding carboxylic acids is 1. The molecule has 5 rings (SSSR count). The maximum Gasteiger partial charge on any atom is 0.490 e. The number of nitrogens with one attached hydrogen (secondary N) is 2. The molecule has 4 aromatic rings. The first-order chi connectivity index (χ1) is 18.3. The number of imidazole rings is 1. The number of aromatic amines is 1. The van der Waals surface area contributed by atoms with Gasteiger partial charge in [-0.1, -0.05) is 36.4 Å². The van der Waals surface area contributed by atoms with E-state index in [0.29, 0.717) is 33.3 Å². The number of aromatic nitrogens is 2. The third kappa shape index (κ3) is 5.36. The number of fused-ring (bicyclic) bond motifs is 2. The van der Waals surface area contributed by atoms with Crippen LogP contribution in [-0.4, -0.2) is 54.3 Å². The highest BCUT2D eigenvalue weighted by Gasteiger charge is 2.49. The number of aliphatic carboxylic acids is 1. The highest BCUT2D eigenvalue weighted by atomic mass is 19.4. The number of alkyl halides is 3. The molecule has 2 amide bonds. The maximum atomic E-state index is 13.8. The third-order valence-corrected chi connectivity index (χ3v) is 5.75. The molecule has 0 saturated heterocycles. The van der Waals surface area contributed by atoms with Gasteiger partial charge in [0.05, 0.1) is 11.0 Å². The van der Waals surface area contributed by atoms with Gasteiger partial charge in [0.25, 0.3) is 5.91 Å². The third-order valence-electron chi connectivity index (χ3n) is 5.75. The van der Waals surface area contributed by atoms with Gasteiger partial charge in [0, 0.05) is 23.2 Å². The van der Waals surface area contributed by atoms with Crippen LogP contribution in [0.15, 0.2) is 66.7 Å². The summed E-state index contributed by atoms with van der Waals surface area (Å²) < 4.78 is 45.5. The number of halogens is 4. The molecule has 2 heterocycles. The van der Waals surface area contributed by atoms with Crippen LogP contribution in [0.2, 0.25) is 0 Å². The maximum absolute atomic E-state index is 13.8. The molecule has 39 heavy (non-hydrogen) atoms. The summed E-state index contributed by atoms with van der Waals surface area (Å²) in [6.07, 6.45) is -6.35. The van der Waals surface area contributed by atoms with Gasteiger partial charge < -0.3 is 20.3 Å². The number of aliphatic hydroxyl groups is 1. The highest BCUT2D eigenvalue weighted by molar-refractivity contribution is 6.00. The standard InChI is InChI=1S/C23H17FN4O4.C2HF3O2/c24-15-5-3-4-13(10-15)12-28-20(29)16-6-1-2-7-17(16)23(28,32)14-8-9-18-19(11-14)26-21(25-18)27-22(30)31;3-2(4,5)1(6)7/h1-11,32H,12H2,(H,30,31)(H2,25,26,27);(H,6,7). The van der Waals surface area contributed by atoms with E-state index in [0.717, 1.165) is 0 Å². The average molecular weight is 546 g/mol. The molecule has 0 fully saturated rings. The van der Waals surface area contributed by atoms with Crippen LogP contribution >= 0.6 is 0 Å². The summed E-state index contributed by atoms with van der Waals surface area (Å²) in [5.41, 5.74) is 0.802. The van der Waals surface area contributed by atoms with Crippen LogP contribution in [0.4, 0.5) is 28.3 Å². The van der Waals surface area contributed by atoms with Crippen LogP contribution < -0.4 is 5.32 Å². The molecule has 1 atom stereocenters. The Bertz CT molecular complexity index is 1590. The molecule has 1 aliphatic heterocycles. The number of H-pyrrole nitrogens is 1. The Morgan fingerprint density at radius 1 is 1.03 bits per heavy atom. The van der Waals surface area contributed by atoms with Crippen molar-refractivity contribution >= 4 is 35.0 Å². The van der Waals surface area contributed by atoms with Gasteiger partial charge in [0.1, 0.15) is 5.82 Å². The van der Waals surface area contributed by atoms with Gasteiger partial charge in [-0.15, -0.1) is 0 Å². The summed E-state index contributed by atoms with van der Waals surface area (Å²) in [6.45, 7) is -0.0192. The fourth-order valence-corrected chi connectivity index (χ4v) is 4.11. The molecule has 0 radical (unpaired) electrons. The second kappa shape index (κ2) is 10.1. The number of amides is 2. The SMILES string of the molecule is O=C(O)C(F)(F)F.O=C(O)Nc1nc2ccc(C3(O)c4ccccc4C(=O)N3Cc3cccc(F)c3)cc2[nH]1. The number of hydrogen-bond acceptors (Lipinski definition) is 5. The van der Waals surface area contributed by atoms with Crippen molar-refractivity contribution in [1.29, 1.82) is 0 Å². The fourth-order valence-electron chi connectivity index (χ4n) is 4.11. The minimum absolute atomic E-state index is 0.0192. The number of carboxylic acid groups (broad SMARTS) is 2. The predicted molar refractivity (Wildman–Crippen MR) is 127 cm³/mol. The first kappa shape index (κ1) is 27.1. The van der Waals surface area contributed by atoms with Crippen LogP contribution in [0.25, 0.3) is 11.0 Å². The van der Waals surface area contributed by atoms with Gasteiger partial charge in [-0.2, -0.15) is 13.2 Å². The van der Waals surface area contributed by atoms with E-state index in [2.05, 4.69) is 15.3 Å². The van der Waals surface area contributed by atoms with Crippen LogP contribution in [0.1, 0.15) is 27.0 Å². The molecule has 0 bridgehead atoms. The van der Waals surface area contributed by atoms with E-state index in [1.54, 1.807) is 54.6 Å². The van der Waals surface area contributed by atoms with E-state index in [9.17, 15) is 32.3 Å². The molecule has 1 aliphatic rings. The summed E-state index contributed by atoms with van der Waals surface area (Å²) in [7, 11) is 0. The normalized spacial score (nSPS) is 16.4. The topological polar surface area (TPSA) is 156 Å². The van der Waals surface area contributed by atoms with E-state index in [4.69, 9.17) is 15.0 Å². The number of rotatable bonds is 4. The molecule has 14 heteroatoms. The van der Waals surface area contributed by atoms with Crippen LogP contribution in [-0.2, 0) is 17.1 Å². The van der Waals surface area contributed by atoms with Crippen molar-refractivity contribution in [2.75, 3.05) is 5.32 Å². The molecule has 0 spiro atoms. The van der Waals surface area contributed by atoms with E-state index < -0.39 is 29.8 Å². The predicted octanol–water partition coefficient (Wildman–Crippen LogP) is 4.27. The lowest BCUT2D eigenvalue weighted by molar-refractivity contribution is -0.192. The highest BCUT2D eigenvalue weighted by Crippen LogP contribution is 2.43. The average Bonchev–Trinajstić information content (AvgIpc) is 3.35. The van der Waals surface area contributed by atoms with Crippen LogP contribution in [0.5, 0.6) is 0 Å². The van der Waals surface area contributed by atoms with Crippen molar-refractivity contribution in [3.05, 3.63) is 94.8 Å². The summed E-state index contributed by atoms with van der Waals surface area (Å²) in [4.78, 5) is 41.3. The Kier molecular flexibility index (Phi) is 6.98. The quantitative estimate of drug-likeness (QED) is 0.239. The van der Waals surface area contributed by atoms with Crippen molar-refractivity contribution in [2.24, 2.45) is 0 Å². The Morgan fingerprint density at radius 2 is 1.72 bits per heavy atom. The number of anilines is 1. The Balaban J connectivity index is 0.000000448. The minimum atomic E-state index is -5.08. The van der Waals surface area contributed by atoms with E-state index in [1.807, 2.05) is 0 Å². The molecule has 5 N–H and O–H groups in total. The molecular formula is C25H18F4N4O6. The molecule has 3 aromatic carbocycles. The Hall–Kier alpha value is -4.98. The van der Waals surface area contributed by atoms with Gasteiger partial charge in [0.15, 0.2) is 5.72 Å². The van der Waals surface area contributed by atoms with Gasteiger partial charge in [0.2, 0.25) is 5.95 Å². The van der Waals surface area contributed by atoms with Crippen LogP contribution in [0, 0.1) is 5.82 Å². The Morgan fingerprint density at radius 3 is 2.36 bits per heavy atom. The van der Waals surface area contributed by atoms with E-state index >= 15 is 0 Å². The molecule has 10 nitrogen and oxygen atoms in total. The minimum Gasteiger partial charge on any atom is -0.475 e. The number of carboxylic acids is 1. The second-order valence-electron chi connectivity index (χ2n) is 8.29. The van der Waals surface area contributed by atoms with Gasteiger partial charge in [-0.25, -0.2) is 19.0 Å². The summed E-state index contributed by atoms with van der Waals surface area (Å²) >= 11 is 0. The molecule has 0 aliphatic carbocycles. The lowest BCUT2D eigenvalue weighted by Crippen LogP contribution is -2.44. The van der Waals surface area contributed by atoms with Crippen molar-refractivity contribution in [3.63, 3.8) is 0 Å². The monoisotopic (exact) mass is 546 g/mol. The van der Waals surface area contributed by atoms with E-state index in [-0.39, 0.29) is 18.4 Å². The zero-order valence-electron chi connectivity index (χ0n) is 19.5. The van der Waals surface area contributed by atoms with E-state index in [1.165, 1.54) is 17.0 Å². The summed E-state index contributed by atoms with van der Waals surface area (Å²) in [5.74, 6) is -3.54. The fraction of sp³-hybridized carbons (Fsp3) is 0.120. The number of benzene rings is 3. The lowest BCUT2D eigenvalue weighted by Gasteiger charge is -2.35. The molecule has 1 aromatic heterocycles. The van der Waals surface area contributed by atoms with Crippen molar-refractivity contribution < 1.29 is 47.3 Å². The van der Waals surface area contributed by atoms with Crippen LogP contribution in [0.3, 0.4) is 0 Å². The summed E-state index contributed by atoms with van der Waals surface area (Å²) in [5, 5.41) is 30.1. The zero-order valence-corrected chi connectivity index (χ0v) is 19.5.